The molecule has 0 spiro atoms. The second-order valence-corrected chi connectivity index (χ2v) is 16.4. The van der Waals surface area contributed by atoms with Crippen LogP contribution in [0.25, 0.3) is 0 Å². The first-order valence-electron chi connectivity index (χ1n) is 7.60. The van der Waals surface area contributed by atoms with Crippen molar-refractivity contribution < 1.29 is 17.4 Å². The molecule has 7 heteroatoms. The molecule has 0 aliphatic rings. The van der Waals surface area contributed by atoms with Crippen LogP contribution in [0.5, 0.6) is 0 Å². The van der Waals surface area contributed by atoms with Crippen molar-refractivity contribution in [3.8, 4) is 0 Å². The van der Waals surface area contributed by atoms with Gasteiger partial charge in [0, 0.05) is 26.9 Å². The predicted molar refractivity (Wildman–Crippen MR) is 92.3 cm³/mol. The van der Waals surface area contributed by atoms with Gasteiger partial charge in [-0.3, -0.25) is 0 Å². The number of hydrogen-bond donors (Lipinski definition) is 0. The highest BCUT2D eigenvalue weighted by atomic mass is 28.4. The molecule has 0 aromatic rings. The zero-order valence-corrected chi connectivity index (χ0v) is 17.8. The lowest BCUT2D eigenvalue weighted by Crippen LogP contribution is -2.50. The molecule has 20 heavy (non-hydrogen) atoms. The van der Waals surface area contributed by atoms with Crippen molar-refractivity contribution in [1.29, 1.82) is 0 Å². The van der Waals surface area contributed by atoms with E-state index in [0.717, 1.165) is 12.5 Å². The normalized spacial score (nSPS) is 14.8. The van der Waals surface area contributed by atoms with Gasteiger partial charge >= 0.3 is 8.80 Å². The van der Waals surface area contributed by atoms with Crippen LogP contribution in [0.2, 0.25) is 37.8 Å². The van der Waals surface area contributed by atoms with Gasteiger partial charge in [-0.1, -0.05) is 19.8 Å². The zero-order chi connectivity index (χ0) is 15.8. The van der Waals surface area contributed by atoms with Crippen LogP contribution >= 0.6 is 0 Å². The van der Waals surface area contributed by atoms with Crippen molar-refractivity contribution in [3.05, 3.63) is 0 Å². The molecule has 0 aliphatic carbocycles. The lowest BCUT2D eigenvalue weighted by atomic mass is 10.2. The van der Waals surface area contributed by atoms with E-state index < -0.39 is 26.2 Å². The highest BCUT2D eigenvalue weighted by molar-refractivity contribution is 6.79. The fourth-order valence-electron chi connectivity index (χ4n) is 2.88. The molecule has 122 valence electrons. The van der Waals surface area contributed by atoms with Crippen LogP contribution in [-0.2, 0) is 17.4 Å². The van der Waals surface area contributed by atoms with Crippen LogP contribution in [0.15, 0.2) is 0 Å². The quantitative estimate of drug-likeness (QED) is 0.539. The Hall–Kier alpha value is 0.491. The summed E-state index contributed by atoms with van der Waals surface area (Å²) in [5.74, 6) is 0. The summed E-state index contributed by atoms with van der Waals surface area (Å²) in [6, 6.07) is 1.06. The maximum atomic E-state index is 6.31. The second-order valence-electron chi connectivity index (χ2n) is 6.19. The minimum Gasteiger partial charge on any atom is -0.458 e. The number of rotatable bonds is 11. The standard InChI is InChI=1S/C13H34O4Si3/c1-9-10-11-13(20(14-2,15-3)16-4)12-19(7,8)17-18(5)6/h13,18H,9-12H2,1-8H3. The van der Waals surface area contributed by atoms with Gasteiger partial charge in [0.25, 0.3) is 0 Å². The Kier molecular flexibility index (Phi) is 9.73. The Morgan fingerprint density at radius 3 is 1.85 bits per heavy atom. The van der Waals surface area contributed by atoms with Gasteiger partial charge in [0.1, 0.15) is 0 Å². The summed E-state index contributed by atoms with van der Waals surface area (Å²) in [6.45, 7) is 11.3. The topological polar surface area (TPSA) is 36.9 Å². The summed E-state index contributed by atoms with van der Waals surface area (Å²) in [6.07, 6.45) is 3.46. The van der Waals surface area contributed by atoms with E-state index in [9.17, 15) is 0 Å². The fraction of sp³-hybridized carbons (Fsp3) is 1.00. The van der Waals surface area contributed by atoms with Gasteiger partial charge in [0.15, 0.2) is 17.4 Å². The minimum absolute atomic E-state index is 0.344. The Balaban J connectivity index is 5.04. The van der Waals surface area contributed by atoms with Crippen LogP contribution in [0, 0.1) is 0 Å². The van der Waals surface area contributed by atoms with E-state index in [-0.39, 0.29) is 0 Å². The summed E-state index contributed by atoms with van der Waals surface area (Å²) in [4.78, 5) is 0. The molecule has 0 aromatic heterocycles. The Morgan fingerprint density at radius 2 is 1.50 bits per heavy atom. The molecule has 0 aromatic carbocycles. The molecule has 0 rings (SSSR count). The average Bonchev–Trinajstić information content (AvgIpc) is 2.36. The molecule has 0 saturated heterocycles. The smallest absolute Gasteiger partial charge is 0.458 e. The molecule has 0 saturated carbocycles. The van der Waals surface area contributed by atoms with E-state index in [2.05, 4.69) is 33.1 Å². The predicted octanol–water partition coefficient (Wildman–Crippen LogP) is 3.63. The number of unbranched alkanes of at least 4 members (excludes halogenated alkanes) is 1. The van der Waals surface area contributed by atoms with Gasteiger partial charge < -0.3 is 17.4 Å². The minimum atomic E-state index is -2.57. The van der Waals surface area contributed by atoms with Crippen LogP contribution in [0.1, 0.15) is 26.2 Å². The van der Waals surface area contributed by atoms with Gasteiger partial charge in [0.05, 0.1) is 0 Å². The van der Waals surface area contributed by atoms with Gasteiger partial charge in [-0.05, 0) is 38.7 Å². The summed E-state index contributed by atoms with van der Waals surface area (Å²) in [7, 11) is -0.125. The molecule has 0 bridgehead atoms. The molecule has 0 aliphatic heterocycles. The van der Waals surface area contributed by atoms with Crippen LogP contribution < -0.4 is 0 Å². The van der Waals surface area contributed by atoms with Crippen molar-refractivity contribution in [2.24, 2.45) is 0 Å². The molecule has 0 heterocycles. The molecule has 0 N–H and O–H groups in total. The van der Waals surface area contributed by atoms with Crippen LogP contribution in [0.4, 0.5) is 0 Å². The lowest BCUT2D eigenvalue weighted by molar-refractivity contribution is 0.111. The molecular weight excluding hydrogens is 304 g/mol. The summed E-state index contributed by atoms with van der Waals surface area (Å²) in [5.41, 5.74) is 0.344. The highest BCUT2D eigenvalue weighted by Gasteiger charge is 2.49. The number of hydrogen-bond acceptors (Lipinski definition) is 4. The van der Waals surface area contributed by atoms with E-state index in [1.54, 1.807) is 21.3 Å². The van der Waals surface area contributed by atoms with Crippen molar-refractivity contribution in [3.63, 3.8) is 0 Å². The SMILES string of the molecule is CCCCC(C[Si](C)(C)O[SiH](C)C)[Si](OC)(OC)OC. The van der Waals surface area contributed by atoms with Crippen molar-refractivity contribution >= 4 is 26.2 Å². The van der Waals surface area contributed by atoms with Crippen LogP contribution in [0.3, 0.4) is 0 Å². The molecule has 4 nitrogen and oxygen atoms in total. The first kappa shape index (κ1) is 20.5. The Labute approximate surface area is 129 Å². The lowest BCUT2D eigenvalue weighted by Gasteiger charge is -2.37. The molecular formula is C13H34O4Si3. The molecule has 1 atom stereocenters. The van der Waals surface area contributed by atoms with E-state index in [0.29, 0.717) is 5.54 Å². The van der Waals surface area contributed by atoms with Crippen molar-refractivity contribution in [1.82, 2.24) is 0 Å². The first-order valence-corrected chi connectivity index (χ1v) is 15.3. The van der Waals surface area contributed by atoms with Crippen molar-refractivity contribution in [2.45, 2.75) is 64.0 Å². The first-order chi connectivity index (χ1) is 9.26. The Bertz CT molecular complexity index is 250. The maximum absolute atomic E-state index is 6.31. The Morgan fingerprint density at radius 1 is 1.00 bits per heavy atom. The monoisotopic (exact) mass is 338 g/mol. The maximum Gasteiger partial charge on any atom is 0.503 e. The van der Waals surface area contributed by atoms with E-state index in [1.807, 2.05) is 0 Å². The largest absolute Gasteiger partial charge is 0.503 e. The molecule has 1 unspecified atom stereocenters. The van der Waals surface area contributed by atoms with Gasteiger partial charge in [0.2, 0.25) is 0 Å². The zero-order valence-electron chi connectivity index (χ0n) is 14.6. The highest BCUT2D eigenvalue weighted by Crippen LogP contribution is 2.37. The second kappa shape index (κ2) is 9.50. The van der Waals surface area contributed by atoms with Crippen LogP contribution in [-0.4, -0.2) is 47.5 Å². The third-order valence-electron chi connectivity index (χ3n) is 3.55. The average molecular weight is 339 g/mol. The van der Waals surface area contributed by atoms with Crippen molar-refractivity contribution in [2.75, 3.05) is 21.3 Å². The summed E-state index contributed by atoms with van der Waals surface area (Å²) >= 11 is 0. The third kappa shape index (κ3) is 6.50. The molecule has 0 amide bonds. The third-order valence-corrected chi connectivity index (χ3v) is 13.1. The fourth-order valence-corrected chi connectivity index (χ4v) is 14.3. The van der Waals surface area contributed by atoms with Gasteiger partial charge in [-0.25, -0.2) is 0 Å². The summed E-state index contributed by atoms with van der Waals surface area (Å²) < 4.78 is 23.5. The van der Waals surface area contributed by atoms with Gasteiger partial charge in [-0.15, -0.1) is 0 Å². The molecule has 0 fully saturated rings. The van der Waals surface area contributed by atoms with E-state index in [4.69, 9.17) is 17.4 Å². The summed E-state index contributed by atoms with van der Waals surface area (Å²) in [5, 5.41) is 0. The molecule has 0 radical (unpaired) electrons. The van der Waals surface area contributed by atoms with E-state index in [1.165, 1.54) is 12.8 Å². The van der Waals surface area contributed by atoms with E-state index >= 15 is 0 Å². The van der Waals surface area contributed by atoms with Gasteiger partial charge in [-0.2, -0.15) is 0 Å².